The molecule has 0 saturated heterocycles. The number of carbonyl (C=O) groups is 1. The summed E-state index contributed by atoms with van der Waals surface area (Å²) in [6.07, 6.45) is -3.17. The lowest BCUT2D eigenvalue weighted by Crippen LogP contribution is -2.06. The number of esters is 1. The molecule has 0 aliphatic heterocycles. The molecular formula is C16H13BrF3NO3. The maximum atomic E-state index is 12.8. The van der Waals surface area contributed by atoms with Crippen LogP contribution in [0.1, 0.15) is 33.2 Å². The van der Waals surface area contributed by atoms with E-state index in [-0.39, 0.29) is 22.0 Å². The van der Waals surface area contributed by atoms with Crippen LogP contribution in [0.4, 0.5) is 13.2 Å². The zero-order chi connectivity index (χ0) is 17.9. The highest BCUT2D eigenvalue weighted by Crippen LogP contribution is 2.38. The molecule has 4 nitrogen and oxygen atoms in total. The first-order chi connectivity index (χ1) is 11.2. The molecule has 24 heavy (non-hydrogen) atoms. The fourth-order valence-electron chi connectivity index (χ4n) is 1.92. The second-order valence-electron chi connectivity index (χ2n) is 4.85. The number of methoxy groups -OCH3 is 1. The van der Waals surface area contributed by atoms with Crippen LogP contribution in [0.15, 0.2) is 36.5 Å². The van der Waals surface area contributed by atoms with Gasteiger partial charge in [0.05, 0.1) is 18.2 Å². The highest BCUT2D eigenvalue weighted by atomic mass is 79.9. The number of benzene rings is 1. The van der Waals surface area contributed by atoms with Gasteiger partial charge in [-0.05, 0) is 31.2 Å². The molecule has 0 fully saturated rings. The van der Waals surface area contributed by atoms with Gasteiger partial charge in [0.15, 0.2) is 0 Å². The van der Waals surface area contributed by atoms with Crippen LogP contribution in [-0.4, -0.2) is 18.1 Å². The Morgan fingerprint density at radius 2 is 1.96 bits per heavy atom. The molecule has 0 saturated carbocycles. The average Bonchev–Trinajstić information content (AvgIpc) is 2.54. The van der Waals surface area contributed by atoms with Crippen LogP contribution in [-0.2, 0) is 10.9 Å². The van der Waals surface area contributed by atoms with Gasteiger partial charge in [0.2, 0.25) is 5.88 Å². The summed E-state index contributed by atoms with van der Waals surface area (Å²) < 4.78 is 48.6. The Balaban J connectivity index is 2.30. The number of rotatable bonds is 4. The quantitative estimate of drug-likeness (QED) is 0.524. The van der Waals surface area contributed by atoms with E-state index in [1.54, 1.807) is 6.92 Å². The molecular weight excluding hydrogens is 391 g/mol. The molecule has 0 N–H and O–H groups in total. The van der Waals surface area contributed by atoms with Gasteiger partial charge in [0.25, 0.3) is 0 Å². The highest BCUT2D eigenvalue weighted by molar-refractivity contribution is 9.09. The van der Waals surface area contributed by atoms with Crippen LogP contribution in [0.5, 0.6) is 11.6 Å². The van der Waals surface area contributed by atoms with Crippen molar-refractivity contribution in [3.63, 3.8) is 0 Å². The Hall–Kier alpha value is -2.09. The average molecular weight is 404 g/mol. The van der Waals surface area contributed by atoms with Crippen LogP contribution in [0.3, 0.4) is 0 Å². The summed E-state index contributed by atoms with van der Waals surface area (Å²) in [7, 11) is 1.25. The predicted octanol–water partition coefficient (Wildman–Crippen LogP) is 5.14. The van der Waals surface area contributed by atoms with Crippen LogP contribution >= 0.6 is 15.9 Å². The minimum absolute atomic E-state index is 0.150. The third-order valence-electron chi connectivity index (χ3n) is 3.14. The zero-order valence-corrected chi connectivity index (χ0v) is 14.3. The fourth-order valence-corrected chi connectivity index (χ4v) is 2.28. The summed E-state index contributed by atoms with van der Waals surface area (Å²) in [5.41, 5.74) is -0.180. The maximum absolute atomic E-state index is 12.8. The number of carbonyl (C=O) groups excluding carboxylic acids is 1. The number of hydrogen-bond acceptors (Lipinski definition) is 4. The predicted molar refractivity (Wildman–Crippen MR) is 84.4 cm³/mol. The van der Waals surface area contributed by atoms with Crippen molar-refractivity contribution < 1.29 is 27.4 Å². The largest absolute Gasteiger partial charge is 0.465 e. The third-order valence-corrected chi connectivity index (χ3v) is 3.63. The van der Waals surface area contributed by atoms with E-state index in [0.717, 1.165) is 12.1 Å². The summed E-state index contributed by atoms with van der Waals surface area (Å²) in [6, 6.07) is 6.10. The van der Waals surface area contributed by atoms with Gasteiger partial charge in [-0.3, -0.25) is 0 Å². The Kier molecular flexibility index (Phi) is 5.48. The lowest BCUT2D eigenvalue weighted by atomic mass is 10.1. The minimum atomic E-state index is -4.43. The van der Waals surface area contributed by atoms with Gasteiger partial charge in [0, 0.05) is 22.7 Å². The first-order valence-corrected chi connectivity index (χ1v) is 7.71. The molecule has 0 bridgehead atoms. The Labute approximate surface area is 144 Å². The van der Waals surface area contributed by atoms with Crippen LogP contribution in [0.25, 0.3) is 0 Å². The number of pyridine rings is 1. The molecule has 128 valence electrons. The van der Waals surface area contributed by atoms with E-state index in [4.69, 9.17) is 4.74 Å². The monoisotopic (exact) mass is 403 g/mol. The fraction of sp³-hybridized carbons (Fsp3) is 0.250. The number of nitrogens with zero attached hydrogens (tertiary/aromatic N) is 1. The Morgan fingerprint density at radius 3 is 2.46 bits per heavy atom. The van der Waals surface area contributed by atoms with Crippen molar-refractivity contribution in [1.82, 2.24) is 4.98 Å². The molecule has 8 heteroatoms. The molecule has 1 unspecified atom stereocenters. The normalized spacial score (nSPS) is 12.6. The van der Waals surface area contributed by atoms with Gasteiger partial charge < -0.3 is 9.47 Å². The maximum Gasteiger partial charge on any atom is 0.416 e. The molecule has 1 heterocycles. The molecule has 2 aromatic rings. The first kappa shape index (κ1) is 18.3. The van der Waals surface area contributed by atoms with E-state index in [2.05, 4.69) is 25.7 Å². The van der Waals surface area contributed by atoms with Crippen molar-refractivity contribution in [3.8, 4) is 11.6 Å². The van der Waals surface area contributed by atoms with E-state index in [0.29, 0.717) is 5.56 Å². The summed E-state index contributed by atoms with van der Waals surface area (Å²) in [5, 5.41) is 0. The van der Waals surface area contributed by atoms with Crippen molar-refractivity contribution in [3.05, 3.63) is 53.2 Å². The number of ether oxygens (including phenoxy) is 2. The third kappa shape index (κ3) is 4.25. The van der Waals surface area contributed by atoms with Crippen LogP contribution < -0.4 is 4.74 Å². The molecule has 0 aliphatic carbocycles. The lowest BCUT2D eigenvalue weighted by molar-refractivity contribution is -0.137. The molecule has 1 aromatic carbocycles. The SMILES string of the molecule is COC(=O)c1ccc(Oc2ccc(C(F)(F)F)cc2C(C)Br)nc1. The van der Waals surface area contributed by atoms with Crippen molar-refractivity contribution in [2.75, 3.05) is 7.11 Å². The molecule has 1 atom stereocenters. The van der Waals surface area contributed by atoms with E-state index < -0.39 is 17.7 Å². The molecule has 2 rings (SSSR count). The lowest BCUT2D eigenvalue weighted by Gasteiger charge is -2.15. The highest BCUT2D eigenvalue weighted by Gasteiger charge is 2.31. The topological polar surface area (TPSA) is 48.4 Å². The van der Waals surface area contributed by atoms with Gasteiger partial charge in [-0.1, -0.05) is 15.9 Å². The van der Waals surface area contributed by atoms with Gasteiger partial charge >= 0.3 is 12.1 Å². The zero-order valence-electron chi connectivity index (χ0n) is 12.7. The first-order valence-electron chi connectivity index (χ1n) is 6.80. The summed E-state index contributed by atoms with van der Waals surface area (Å²) in [4.78, 5) is 14.9. The second-order valence-corrected chi connectivity index (χ2v) is 6.22. The number of alkyl halides is 4. The van der Waals surface area contributed by atoms with Gasteiger partial charge in [-0.2, -0.15) is 13.2 Å². The molecule has 0 aliphatic rings. The minimum Gasteiger partial charge on any atom is -0.465 e. The molecule has 0 radical (unpaired) electrons. The van der Waals surface area contributed by atoms with Gasteiger partial charge in [0.1, 0.15) is 5.75 Å². The summed E-state index contributed by atoms with van der Waals surface area (Å²) in [6.45, 7) is 1.69. The number of hydrogen-bond donors (Lipinski definition) is 0. The molecule has 0 amide bonds. The van der Waals surface area contributed by atoms with Gasteiger partial charge in [-0.15, -0.1) is 0 Å². The Bertz CT molecular complexity index is 730. The van der Waals surface area contributed by atoms with E-state index in [1.165, 1.54) is 31.5 Å². The van der Waals surface area contributed by atoms with Crippen molar-refractivity contribution in [1.29, 1.82) is 0 Å². The second kappa shape index (κ2) is 7.21. The molecule has 0 spiro atoms. The Morgan fingerprint density at radius 1 is 1.25 bits per heavy atom. The van der Waals surface area contributed by atoms with Crippen molar-refractivity contribution >= 4 is 21.9 Å². The van der Waals surface area contributed by atoms with E-state index in [9.17, 15) is 18.0 Å². The van der Waals surface area contributed by atoms with Crippen LogP contribution in [0, 0.1) is 0 Å². The summed E-state index contributed by atoms with van der Waals surface area (Å²) in [5.74, 6) is -0.152. The number of aromatic nitrogens is 1. The number of halogens is 4. The van der Waals surface area contributed by atoms with Crippen LogP contribution in [0.2, 0.25) is 0 Å². The molecule has 1 aromatic heterocycles. The van der Waals surface area contributed by atoms with Crippen molar-refractivity contribution in [2.24, 2.45) is 0 Å². The van der Waals surface area contributed by atoms with E-state index in [1.807, 2.05) is 0 Å². The summed E-state index contributed by atoms with van der Waals surface area (Å²) >= 11 is 3.26. The standard InChI is InChI=1S/C16H13BrF3NO3/c1-9(17)12-7-11(16(18,19)20)4-5-13(12)24-14-6-3-10(8-21-14)15(22)23-2/h3-9H,1-2H3. The van der Waals surface area contributed by atoms with E-state index >= 15 is 0 Å². The smallest absolute Gasteiger partial charge is 0.416 e. The van der Waals surface area contributed by atoms with Gasteiger partial charge in [-0.25, -0.2) is 9.78 Å². The van der Waals surface area contributed by atoms with Crippen molar-refractivity contribution in [2.45, 2.75) is 17.9 Å².